The Hall–Kier alpha value is -1.30. The Morgan fingerprint density at radius 2 is 1.87 bits per heavy atom. The number of likely N-dealkylation sites (tertiary alicyclic amines) is 1. The van der Waals surface area contributed by atoms with Gasteiger partial charge in [0, 0.05) is 31.8 Å². The van der Waals surface area contributed by atoms with Crippen LogP contribution in [0, 0.1) is 5.92 Å². The van der Waals surface area contributed by atoms with Gasteiger partial charge in [-0.25, -0.2) is 4.79 Å². The summed E-state index contributed by atoms with van der Waals surface area (Å²) in [7, 11) is 0. The van der Waals surface area contributed by atoms with Gasteiger partial charge in [-0.15, -0.1) is 0 Å². The molecule has 1 N–H and O–H groups in total. The Morgan fingerprint density at radius 3 is 2.43 bits per heavy atom. The van der Waals surface area contributed by atoms with Gasteiger partial charge in [0.2, 0.25) is 5.91 Å². The molecule has 6 heteroatoms. The largest absolute Gasteiger partial charge is 0.444 e. The van der Waals surface area contributed by atoms with Crippen molar-refractivity contribution in [1.29, 1.82) is 0 Å². The second-order valence-electron chi connectivity index (χ2n) is 7.44. The molecule has 0 spiro atoms. The highest BCUT2D eigenvalue weighted by atomic mass is 16.6. The molecule has 0 aromatic heterocycles. The van der Waals surface area contributed by atoms with Crippen molar-refractivity contribution in [2.45, 2.75) is 71.1 Å². The number of nitrogens with one attached hydrogen (secondary N) is 1. The molecule has 23 heavy (non-hydrogen) atoms. The summed E-state index contributed by atoms with van der Waals surface area (Å²) in [5, 5.41) is 3.14. The normalized spacial score (nSPS) is 26.2. The topological polar surface area (TPSA) is 67.9 Å². The number of ether oxygens (including phenoxy) is 2. The molecular weight excluding hydrogens is 296 g/mol. The fraction of sp³-hybridized carbons (Fsp3) is 0.882. The summed E-state index contributed by atoms with van der Waals surface area (Å²) in [6, 6.07) is 0.119. The van der Waals surface area contributed by atoms with Crippen molar-refractivity contribution in [1.82, 2.24) is 10.2 Å². The average Bonchev–Trinajstić information content (AvgIpc) is 2.90. The van der Waals surface area contributed by atoms with Crippen molar-refractivity contribution < 1.29 is 19.1 Å². The third-order valence-corrected chi connectivity index (χ3v) is 4.50. The van der Waals surface area contributed by atoms with Crippen molar-refractivity contribution in [2.24, 2.45) is 5.92 Å². The second kappa shape index (κ2) is 7.51. The molecular formula is C17H30N2O4. The minimum absolute atomic E-state index is 0.0646. The molecule has 2 aliphatic rings. The van der Waals surface area contributed by atoms with Crippen molar-refractivity contribution in [3.05, 3.63) is 0 Å². The number of carbonyl (C=O) groups is 2. The van der Waals surface area contributed by atoms with Gasteiger partial charge in [0.15, 0.2) is 0 Å². The Balaban J connectivity index is 1.95. The first-order chi connectivity index (χ1) is 10.8. The lowest BCUT2D eigenvalue weighted by Gasteiger charge is -2.30. The standard InChI is InChI=1S/C17H30N2O4/c1-5-14-13(15(20)18-12-7-10-22-11-8-12)6-9-19(14)16(21)23-17(2,3)4/h12-14H,5-11H2,1-4H3,(H,18,20)/t13-,14-/m0/s1. The van der Waals surface area contributed by atoms with Crippen molar-refractivity contribution in [3.63, 3.8) is 0 Å². The molecule has 2 fully saturated rings. The highest BCUT2D eigenvalue weighted by Gasteiger charge is 2.41. The van der Waals surface area contributed by atoms with E-state index in [4.69, 9.17) is 9.47 Å². The SMILES string of the molecule is CC[C@H]1[C@@H](C(=O)NC2CCOCC2)CCN1C(=O)OC(C)(C)C. The first-order valence-electron chi connectivity index (χ1n) is 8.69. The molecule has 0 saturated carbocycles. The first-order valence-corrected chi connectivity index (χ1v) is 8.69. The van der Waals surface area contributed by atoms with E-state index < -0.39 is 5.60 Å². The maximum atomic E-state index is 12.6. The predicted molar refractivity (Wildman–Crippen MR) is 87.1 cm³/mol. The van der Waals surface area contributed by atoms with Gasteiger partial charge in [-0.05, 0) is 46.5 Å². The number of hydrogen-bond acceptors (Lipinski definition) is 4. The van der Waals surface area contributed by atoms with Crippen LogP contribution in [-0.4, -0.2) is 54.3 Å². The van der Waals surface area contributed by atoms with Gasteiger partial charge < -0.3 is 19.7 Å². The molecule has 2 heterocycles. The Morgan fingerprint density at radius 1 is 1.22 bits per heavy atom. The molecule has 0 unspecified atom stereocenters. The van der Waals surface area contributed by atoms with Gasteiger partial charge in [-0.1, -0.05) is 6.92 Å². The van der Waals surface area contributed by atoms with Gasteiger partial charge >= 0.3 is 6.09 Å². The number of amides is 2. The number of nitrogens with zero attached hydrogens (tertiary/aromatic N) is 1. The Labute approximate surface area is 138 Å². The summed E-state index contributed by atoms with van der Waals surface area (Å²) < 4.78 is 10.8. The van der Waals surface area contributed by atoms with E-state index in [9.17, 15) is 9.59 Å². The highest BCUT2D eigenvalue weighted by Crippen LogP contribution is 2.29. The molecule has 2 rings (SSSR count). The Bertz CT molecular complexity index is 427. The van der Waals surface area contributed by atoms with E-state index in [1.807, 2.05) is 27.7 Å². The van der Waals surface area contributed by atoms with Crippen LogP contribution < -0.4 is 5.32 Å². The maximum Gasteiger partial charge on any atom is 0.410 e. The van der Waals surface area contributed by atoms with Crippen LogP contribution in [0.25, 0.3) is 0 Å². The predicted octanol–water partition coefficient (Wildman–Crippen LogP) is 2.32. The van der Waals surface area contributed by atoms with Crippen LogP contribution in [0.1, 0.15) is 53.4 Å². The second-order valence-corrected chi connectivity index (χ2v) is 7.44. The molecule has 0 radical (unpaired) electrons. The summed E-state index contributed by atoms with van der Waals surface area (Å²) in [6.45, 7) is 9.58. The van der Waals surface area contributed by atoms with Gasteiger partial charge in [0.1, 0.15) is 5.60 Å². The highest BCUT2D eigenvalue weighted by molar-refractivity contribution is 5.81. The minimum atomic E-state index is -0.516. The summed E-state index contributed by atoms with van der Waals surface area (Å²) in [6.07, 6.45) is 2.87. The van der Waals surface area contributed by atoms with E-state index in [-0.39, 0.29) is 30.0 Å². The van der Waals surface area contributed by atoms with E-state index in [1.54, 1.807) is 4.90 Å². The third kappa shape index (κ3) is 4.83. The van der Waals surface area contributed by atoms with Crippen LogP contribution in [0.2, 0.25) is 0 Å². The van der Waals surface area contributed by atoms with E-state index >= 15 is 0 Å². The lowest BCUT2D eigenvalue weighted by atomic mass is 9.96. The summed E-state index contributed by atoms with van der Waals surface area (Å²) in [4.78, 5) is 26.7. The molecule has 0 aliphatic carbocycles. The number of rotatable bonds is 3. The van der Waals surface area contributed by atoms with Crippen LogP contribution in [-0.2, 0) is 14.3 Å². The van der Waals surface area contributed by atoms with Gasteiger partial charge in [0.25, 0.3) is 0 Å². The van der Waals surface area contributed by atoms with E-state index in [0.29, 0.717) is 26.2 Å². The van der Waals surface area contributed by atoms with Crippen LogP contribution >= 0.6 is 0 Å². The zero-order valence-corrected chi connectivity index (χ0v) is 14.8. The van der Waals surface area contributed by atoms with Crippen LogP contribution in [0.3, 0.4) is 0 Å². The fourth-order valence-corrected chi connectivity index (χ4v) is 3.36. The maximum absolute atomic E-state index is 12.6. The molecule has 6 nitrogen and oxygen atoms in total. The molecule has 2 amide bonds. The smallest absolute Gasteiger partial charge is 0.410 e. The van der Waals surface area contributed by atoms with Crippen molar-refractivity contribution in [2.75, 3.05) is 19.8 Å². The van der Waals surface area contributed by atoms with E-state index in [0.717, 1.165) is 19.3 Å². The van der Waals surface area contributed by atoms with Crippen LogP contribution in [0.4, 0.5) is 4.79 Å². The lowest BCUT2D eigenvalue weighted by Crippen LogP contribution is -2.47. The summed E-state index contributed by atoms with van der Waals surface area (Å²) >= 11 is 0. The first kappa shape index (κ1) is 18.0. The summed E-state index contributed by atoms with van der Waals surface area (Å²) in [5.41, 5.74) is -0.516. The summed E-state index contributed by atoms with van der Waals surface area (Å²) in [5.74, 6) is -0.0785. The molecule has 132 valence electrons. The zero-order chi connectivity index (χ0) is 17.0. The minimum Gasteiger partial charge on any atom is -0.444 e. The molecule has 0 bridgehead atoms. The fourth-order valence-electron chi connectivity index (χ4n) is 3.36. The van der Waals surface area contributed by atoms with Gasteiger partial charge in [-0.2, -0.15) is 0 Å². The monoisotopic (exact) mass is 326 g/mol. The lowest BCUT2D eigenvalue weighted by molar-refractivity contribution is -0.127. The Kier molecular flexibility index (Phi) is 5.89. The number of carbonyl (C=O) groups excluding carboxylic acids is 2. The van der Waals surface area contributed by atoms with E-state index in [1.165, 1.54) is 0 Å². The molecule has 0 aromatic rings. The molecule has 0 aromatic carbocycles. The third-order valence-electron chi connectivity index (χ3n) is 4.50. The van der Waals surface area contributed by atoms with Crippen LogP contribution in [0.5, 0.6) is 0 Å². The molecule has 2 aliphatic heterocycles. The average molecular weight is 326 g/mol. The van der Waals surface area contributed by atoms with Crippen molar-refractivity contribution in [3.8, 4) is 0 Å². The zero-order valence-electron chi connectivity index (χ0n) is 14.8. The quantitative estimate of drug-likeness (QED) is 0.864. The number of hydrogen-bond donors (Lipinski definition) is 1. The van der Waals surface area contributed by atoms with Gasteiger partial charge in [-0.3, -0.25) is 4.79 Å². The molecule has 2 saturated heterocycles. The van der Waals surface area contributed by atoms with Crippen molar-refractivity contribution >= 4 is 12.0 Å². The molecule has 2 atom stereocenters. The van der Waals surface area contributed by atoms with Crippen LogP contribution in [0.15, 0.2) is 0 Å². The van der Waals surface area contributed by atoms with Gasteiger partial charge in [0.05, 0.1) is 5.92 Å². The van der Waals surface area contributed by atoms with E-state index in [2.05, 4.69) is 5.32 Å².